The van der Waals surface area contributed by atoms with Gasteiger partial charge in [0.1, 0.15) is 0 Å². The SMILES string of the molecule is NC1CN(C(=O)O)CC1C(F)(F)F. The fourth-order valence-electron chi connectivity index (χ4n) is 1.33. The van der Waals surface area contributed by atoms with Crippen LogP contribution in [0.3, 0.4) is 0 Å². The molecule has 1 heterocycles. The summed E-state index contributed by atoms with van der Waals surface area (Å²) in [5, 5.41) is 8.42. The Morgan fingerprint density at radius 2 is 2.00 bits per heavy atom. The zero-order valence-electron chi connectivity index (χ0n) is 6.58. The van der Waals surface area contributed by atoms with Gasteiger partial charge in [-0.2, -0.15) is 13.2 Å². The quantitative estimate of drug-likeness (QED) is 0.595. The molecule has 1 aliphatic heterocycles. The fourth-order valence-corrected chi connectivity index (χ4v) is 1.33. The molecular weight excluding hydrogens is 189 g/mol. The molecule has 1 fully saturated rings. The largest absolute Gasteiger partial charge is 0.465 e. The van der Waals surface area contributed by atoms with Gasteiger partial charge < -0.3 is 15.7 Å². The van der Waals surface area contributed by atoms with Crippen molar-refractivity contribution in [2.45, 2.75) is 12.2 Å². The van der Waals surface area contributed by atoms with Crippen LogP contribution in [0.1, 0.15) is 0 Å². The molecule has 0 aromatic rings. The van der Waals surface area contributed by atoms with E-state index >= 15 is 0 Å². The number of likely N-dealkylation sites (tertiary alicyclic amines) is 1. The Bertz CT molecular complexity index is 218. The zero-order chi connectivity index (χ0) is 10.2. The zero-order valence-corrected chi connectivity index (χ0v) is 6.58. The normalized spacial score (nSPS) is 29.4. The molecule has 0 aromatic heterocycles. The van der Waals surface area contributed by atoms with E-state index in [2.05, 4.69) is 0 Å². The van der Waals surface area contributed by atoms with Crippen molar-refractivity contribution in [2.24, 2.45) is 11.7 Å². The molecule has 7 heteroatoms. The minimum Gasteiger partial charge on any atom is -0.465 e. The van der Waals surface area contributed by atoms with Crippen molar-refractivity contribution in [3.8, 4) is 0 Å². The second kappa shape index (κ2) is 3.06. The maximum atomic E-state index is 12.1. The third-order valence-electron chi connectivity index (χ3n) is 2.06. The minimum absolute atomic E-state index is 0.250. The Morgan fingerprint density at radius 3 is 2.23 bits per heavy atom. The van der Waals surface area contributed by atoms with Crippen molar-refractivity contribution in [1.82, 2.24) is 4.90 Å². The summed E-state index contributed by atoms with van der Waals surface area (Å²) >= 11 is 0. The van der Waals surface area contributed by atoms with E-state index in [0.717, 1.165) is 0 Å². The predicted octanol–water partition coefficient (Wildman–Crippen LogP) is 0.486. The van der Waals surface area contributed by atoms with E-state index in [9.17, 15) is 18.0 Å². The first-order chi connectivity index (χ1) is 5.82. The molecule has 3 N–H and O–H groups in total. The van der Waals surface area contributed by atoms with Crippen LogP contribution in [0.2, 0.25) is 0 Å². The number of hydrogen-bond acceptors (Lipinski definition) is 2. The van der Waals surface area contributed by atoms with Crippen molar-refractivity contribution in [3.63, 3.8) is 0 Å². The average Bonchev–Trinajstić information content (AvgIpc) is 2.29. The van der Waals surface area contributed by atoms with Crippen LogP contribution >= 0.6 is 0 Å². The summed E-state index contributed by atoms with van der Waals surface area (Å²) < 4.78 is 36.4. The molecule has 0 saturated carbocycles. The third-order valence-corrected chi connectivity index (χ3v) is 2.06. The molecule has 0 spiro atoms. The van der Waals surface area contributed by atoms with E-state index in [-0.39, 0.29) is 6.54 Å². The molecule has 76 valence electrons. The summed E-state index contributed by atoms with van der Waals surface area (Å²) in [4.78, 5) is 11.0. The third kappa shape index (κ3) is 2.03. The summed E-state index contributed by atoms with van der Waals surface area (Å²) in [6.45, 7) is -0.806. The van der Waals surface area contributed by atoms with Gasteiger partial charge in [0.05, 0.1) is 5.92 Å². The molecule has 2 atom stereocenters. The Balaban J connectivity index is 2.67. The molecular formula is C6H9F3N2O2. The van der Waals surface area contributed by atoms with Crippen LogP contribution in [0.25, 0.3) is 0 Å². The second-order valence-corrected chi connectivity index (χ2v) is 3.00. The molecule has 2 unspecified atom stereocenters. The predicted molar refractivity (Wildman–Crippen MR) is 37.1 cm³/mol. The molecule has 1 amide bonds. The average molecular weight is 198 g/mol. The number of carboxylic acid groups (broad SMARTS) is 1. The summed E-state index contributed by atoms with van der Waals surface area (Å²) in [5.41, 5.74) is 5.17. The molecule has 4 nitrogen and oxygen atoms in total. The number of alkyl halides is 3. The number of carbonyl (C=O) groups is 1. The van der Waals surface area contributed by atoms with Crippen LogP contribution < -0.4 is 5.73 Å². The lowest BCUT2D eigenvalue weighted by Crippen LogP contribution is -2.38. The van der Waals surface area contributed by atoms with Crippen molar-refractivity contribution in [2.75, 3.05) is 13.1 Å². The van der Waals surface area contributed by atoms with Crippen molar-refractivity contribution >= 4 is 6.09 Å². The van der Waals surface area contributed by atoms with Gasteiger partial charge in [-0.3, -0.25) is 0 Å². The first-order valence-electron chi connectivity index (χ1n) is 3.62. The van der Waals surface area contributed by atoms with Gasteiger partial charge in [0.15, 0.2) is 0 Å². The molecule has 0 radical (unpaired) electrons. The lowest BCUT2D eigenvalue weighted by molar-refractivity contribution is -0.172. The maximum Gasteiger partial charge on any atom is 0.407 e. The minimum atomic E-state index is -4.41. The van der Waals surface area contributed by atoms with E-state index in [1.807, 2.05) is 0 Å². The van der Waals surface area contributed by atoms with Crippen LogP contribution in [-0.2, 0) is 0 Å². The van der Waals surface area contributed by atoms with Crippen LogP contribution in [0.5, 0.6) is 0 Å². The van der Waals surface area contributed by atoms with Gasteiger partial charge >= 0.3 is 12.3 Å². The highest BCUT2D eigenvalue weighted by molar-refractivity contribution is 5.65. The van der Waals surface area contributed by atoms with Gasteiger partial charge in [0.2, 0.25) is 0 Å². The van der Waals surface area contributed by atoms with E-state index in [0.29, 0.717) is 4.90 Å². The number of nitrogens with two attached hydrogens (primary N) is 1. The van der Waals surface area contributed by atoms with E-state index in [1.54, 1.807) is 0 Å². The highest BCUT2D eigenvalue weighted by atomic mass is 19.4. The number of hydrogen-bond donors (Lipinski definition) is 2. The van der Waals surface area contributed by atoms with Gasteiger partial charge in [-0.15, -0.1) is 0 Å². The van der Waals surface area contributed by atoms with Gasteiger partial charge in [-0.05, 0) is 0 Å². The van der Waals surface area contributed by atoms with E-state index in [1.165, 1.54) is 0 Å². The van der Waals surface area contributed by atoms with Crippen LogP contribution in [0.15, 0.2) is 0 Å². The monoisotopic (exact) mass is 198 g/mol. The molecule has 0 bridgehead atoms. The first-order valence-corrected chi connectivity index (χ1v) is 3.62. The summed E-state index contributed by atoms with van der Waals surface area (Å²) in [6, 6.07) is -1.14. The summed E-state index contributed by atoms with van der Waals surface area (Å²) in [6.07, 6.45) is -5.77. The lowest BCUT2D eigenvalue weighted by Gasteiger charge is -2.17. The van der Waals surface area contributed by atoms with Gasteiger partial charge in [-0.1, -0.05) is 0 Å². The lowest BCUT2D eigenvalue weighted by atomic mass is 10.1. The van der Waals surface area contributed by atoms with Crippen molar-refractivity contribution in [1.29, 1.82) is 0 Å². The van der Waals surface area contributed by atoms with Crippen LogP contribution in [0.4, 0.5) is 18.0 Å². The van der Waals surface area contributed by atoms with Crippen LogP contribution in [-0.4, -0.2) is 41.4 Å². The number of amides is 1. The number of nitrogens with zero attached hydrogens (tertiary/aromatic N) is 1. The topological polar surface area (TPSA) is 66.6 Å². The van der Waals surface area contributed by atoms with E-state index < -0.39 is 30.8 Å². The summed E-state index contributed by atoms with van der Waals surface area (Å²) in [5.74, 6) is -1.73. The number of halogens is 3. The highest BCUT2D eigenvalue weighted by Crippen LogP contribution is 2.32. The second-order valence-electron chi connectivity index (χ2n) is 3.00. The standard InChI is InChI=1S/C6H9F3N2O2/c7-6(8,9)3-1-11(5(12)13)2-4(3)10/h3-4H,1-2,10H2,(H,12,13). The number of rotatable bonds is 0. The van der Waals surface area contributed by atoms with Gasteiger partial charge in [0.25, 0.3) is 0 Å². The summed E-state index contributed by atoms with van der Waals surface area (Å²) in [7, 11) is 0. The molecule has 0 aliphatic carbocycles. The Labute approximate surface area is 72.1 Å². The highest BCUT2D eigenvalue weighted by Gasteiger charge is 2.49. The van der Waals surface area contributed by atoms with Gasteiger partial charge in [-0.25, -0.2) is 4.79 Å². The molecule has 1 aliphatic rings. The first kappa shape index (κ1) is 10.1. The van der Waals surface area contributed by atoms with Crippen molar-refractivity contribution < 1.29 is 23.1 Å². The Morgan fingerprint density at radius 1 is 1.46 bits per heavy atom. The molecule has 1 rings (SSSR count). The molecule has 13 heavy (non-hydrogen) atoms. The van der Waals surface area contributed by atoms with Crippen molar-refractivity contribution in [3.05, 3.63) is 0 Å². The fraction of sp³-hybridized carbons (Fsp3) is 0.833. The van der Waals surface area contributed by atoms with E-state index in [4.69, 9.17) is 10.8 Å². The van der Waals surface area contributed by atoms with Crippen LogP contribution in [0, 0.1) is 5.92 Å². The van der Waals surface area contributed by atoms with Gasteiger partial charge in [0, 0.05) is 19.1 Å². The Hall–Kier alpha value is -0.980. The Kier molecular flexibility index (Phi) is 2.38. The smallest absolute Gasteiger partial charge is 0.407 e. The maximum absolute atomic E-state index is 12.1. The molecule has 1 saturated heterocycles. The molecule has 0 aromatic carbocycles.